The Hall–Kier alpha value is -1.77. The Morgan fingerprint density at radius 2 is 2.15 bits per heavy atom. The van der Waals surface area contributed by atoms with Gasteiger partial charge in [-0.3, -0.25) is 4.79 Å². The van der Waals surface area contributed by atoms with Gasteiger partial charge in [0.15, 0.2) is 0 Å². The van der Waals surface area contributed by atoms with E-state index in [0.717, 1.165) is 0 Å². The summed E-state index contributed by atoms with van der Waals surface area (Å²) in [6, 6.07) is 5.22. The van der Waals surface area contributed by atoms with Crippen LogP contribution < -0.4 is 15.4 Å². The van der Waals surface area contributed by atoms with Crippen molar-refractivity contribution in [3.63, 3.8) is 0 Å². The summed E-state index contributed by atoms with van der Waals surface area (Å²) in [5.74, 6) is 0.0592. The van der Waals surface area contributed by atoms with Gasteiger partial charge in [-0.05, 0) is 6.07 Å². The van der Waals surface area contributed by atoms with Crippen LogP contribution >= 0.6 is 11.6 Å². The number of carbonyl (C=O) groups is 1. The van der Waals surface area contributed by atoms with E-state index in [0.29, 0.717) is 30.4 Å². The molecule has 0 unspecified atom stereocenters. The van der Waals surface area contributed by atoms with Crippen molar-refractivity contribution < 1.29 is 9.53 Å². The molecule has 6 heteroatoms. The fourth-order valence-corrected chi connectivity index (χ4v) is 1.82. The highest BCUT2D eigenvalue weighted by molar-refractivity contribution is 6.32. The van der Waals surface area contributed by atoms with E-state index in [-0.39, 0.29) is 16.5 Å². The standard InChI is InChI=1S/C14H18ClN3O2/c1-9(2)17-4-5-18-14(19)11-6-10(8-16)12(15)7-13(11)20-3/h6-7,9,17H,4-5H2,1-3H3,(H,18,19). The van der Waals surface area contributed by atoms with Crippen LogP contribution in [-0.2, 0) is 0 Å². The lowest BCUT2D eigenvalue weighted by molar-refractivity contribution is 0.0950. The van der Waals surface area contributed by atoms with Gasteiger partial charge >= 0.3 is 0 Å². The number of rotatable bonds is 6. The number of hydrogen-bond donors (Lipinski definition) is 2. The van der Waals surface area contributed by atoms with E-state index in [1.807, 2.05) is 19.9 Å². The van der Waals surface area contributed by atoms with Crippen molar-refractivity contribution in [2.75, 3.05) is 20.2 Å². The molecule has 0 aliphatic heterocycles. The van der Waals surface area contributed by atoms with Crippen LogP contribution in [-0.4, -0.2) is 32.1 Å². The Bertz CT molecular complexity index is 524. The Morgan fingerprint density at radius 3 is 2.70 bits per heavy atom. The summed E-state index contributed by atoms with van der Waals surface area (Å²) >= 11 is 5.90. The molecule has 0 spiro atoms. The van der Waals surface area contributed by atoms with E-state index in [1.54, 1.807) is 0 Å². The fraction of sp³-hybridized carbons (Fsp3) is 0.429. The van der Waals surface area contributed by atoms with E-state index >= 15 is 0 Å². The Labute approximate surface area is 123 Å². The maximum atomic E-state index is 12.1. The van der Waals surface area contributed by atoms with Gasteiger partial charge in [0.1, 0.15) is 11.8 Å². The molecule has 1 amide bonds. The molecule has 0 aliphatic carbocycles. The number of nitriles is 1. The first kappa shape index (κ1) is 16.3. The monoisotopic (exact) mass is 295 g/mol. The molecule has 0 fully saturated rings. The molecule has 0 aliphatic rings. The number of methoxy groups -OCH3 is 1. The van der Waals surface area contributed by atoms with Gasteiger partial charge in [0, 0.05) is 25.2 Å². The topological polar surface area (TPSA) is 74.1 Å². The predicted molar refractivity (Wildman–Crippen MR) is 78.2 cm³/mol. The number of hydrogen-bond acceptors (Lipinski definition) is 4. The number of halogens is 1. The summed E-state index contributed by atoms with van der Waals surface area (Å²) in [6.07, 6.45) is 0. The van der Waals surface area contributed by atoms with Gasteiger partial charge in [-0.1, -0.05) is 25.4 Å². The maximum Gasteiger partial charge on any atom is 0.255 e. The summed E-state index contributed by atoms with van der Waals surface area (Å²) < 4.78 is 5.12. The number of ether oxygens (including phenoxy) is 1. The number of benzene rings is 1. The molecule has 0 saturated heterocycles. The molecule has 0 bridgehead atoms. The van der Waals surface area contributed by atoms with Crippen molar-refractivity contribution in [3.8, 4) is 11.8 Å². The first-order chi connectivity index (χ1) is 9.49. The quantitative estimate of drug-likeness (QED) is 0.787. The van der Waals surface area contributed by atoms with Gasteiger partial charge in [0.05, 0.1) is 23.3 Å². The zero-order chi connectivity index (χ0) is 15.1. The molecule has 1 aromatic carbocycles. The van der Waals surface area contributed by atoms with E-state index in [2.05, 4.69) is 10.6 Å². The first-order valence-corrected chi connectivity index (χ1v) is 6.66. The summed E-state index contributed by atoms with van der Waals surface area (Å²) in [6.45, 7) is 5.22. The molecule has 0 aromatic heterocycles. The van der Waals surface area contributed by atoms with Crippen LogP contribution in [0.1, 0.15) is 29.8 Å². The van der Waals surface area contributed by atoms with Gasteiger partial charge in [-0.25, -0.2) is 0 Å². The third-order valence-corrected chi connectivity index (χ3v) is 2.93. The molecule has 1 aromatic rings. The minimum Gasteiger partial charge on any atom is -0.496 e. The van der Waals surface area contributed by atoms with E-state index in [9.17, 15) is 4.79 Å². The van der Waals surface area contributed by atoms with Crippen molar-refractivity contribution in [1.29, 1.82) is 5.26 Å². The zero-order valence-corrected chi connectivity index (χ0v) is 12.5. The van der Waals surface area contributed by atoms with Crippen LogP contribution in [0.3, 0.4) is 0 Å². The highest BCUT2D eigenvalue weighted by atomic mass is 35.5. The molecule has 2 N–H and O–H groups in total. The Balaban J connectivity index is 2.79. The lowest BCUT2D eigenvalue weighted by atomic mass is 10.1. The molecule has 0 saturated carbocycles. The van der Waals surface area contributed by atoms with E-state index in [4.69, 9.17) is 21.6 Å². The third kappa shape index (κ3) is 4.41. The summed E-state index contributed by atoms with van der Waals surface area (Å²) in [7, 11) is 1.45. The molecule has 108 valence electrons. The molecule has 0 heterocycles. The second kappa shape index (κ2) is 7.73. The second-order valence-electron chi connectivity index (χ2n) is 4.51. The first-order valence-electron chi connectivity index (χ1n) is 6.28. The molecular formula is C14H18ClN3O2. The minimum absolute atomic E-state index is 0.248. The smallest absolute Gasteiger partial charge is 0.255 e. The normalized spacial score (nSPS) is 10.2. The van der Waals surface area contributed by atoms with Gasteiger partial charge < -0.3 is 15.4 Å². The number of nitrogens with zero attached hydrogens (tertiary/aromatic N) is 1. The molecule has 5 nitrogen and oxygen atoms in total. The predicted octanol–water partition coefficient (Wildman–Crippen LogP) is 1.95. The molecule has 1 rings (SSSR count). The number of carbonyl (C=O) groups excluding carboxylic acids is 1. The van der Waals surface area contributed by atoms with E-state index in [1.165, 1.54) is 19.2 Å². The number of nitrogens with one attached hydrogen (secondary N) is 2. The van der Waals surface area contributed by atoms with Crippen molar-refractivity contribution >= 4 is 17.5 Å². The van der Waals surface area contributed by atoms with Crippen molar-refractivity contribution in [3.05, 3.63) is 28.3 Å². The van der Waals surface area contributed by atoms with Crippen LogP contribution in [0, 0.1) is 11.3 Å². The summed E-state index contributed by atoms with van der Waals surface area (Å²) in [5.41, 5.74) is 0.552. The highest BCUT2D eigenvalue weighted by Gasteiger charge is 2.15. The van der Waals surface area contributed by atoms with Gasteiger partial charge in [0.25, 0.3) is 5.91 Å². The van der Waals surface area contributed by atoms with Crippen molar-refractivity contribution in [2.45, 2.75) is 19.9 Å². The van der Waals surface area contributed by atoms with Gasteiger partial charge in [-0.2, -0.15) is 5.26 Å². The third-order valence-electron chi connectivity index (χ3n) is 2.62. The molecule has 20 heavy (non-hydrogen) atoms. The van der Waals surface area contributed by atoms with Crippen LogP contribution in [0.15, 0.2) is 12.1 Å². The number of amides is 1. The van der Waals surface area contributed by atoms with Crippen LogP contribution in [0.5, 0.6) is 5.75 Å². The maximum absolute atomic E-state index is 12.1. The van der Waals surface area contributed by atoms with Crippen molar-refractivity contribution in [1.82, 2.24) is 10.6 Å². The lowest BCUT2D eigenvalue weighted by Crippen LogP contribution is -2.34. The van der Waals surface area contributed by atoms with Crippen LogP contribution in [0.25, 0.3) is 0 Å². The van der Waals surface area contributed by atoms with Crippen molar-refractivity contribution in [2.24, 2.45) is 0 Å². The van der Waals surface area contributed by atoms with E-state index < -0.39 is 0 Å². The van der Waals surface area contributed by atoms with Crippen LogP contribution in [0.4, 0.5) is 0 Å². The summed E-state index contributed by atoms with van der Waals surface area (Å²) in [4.78, 5) is 12.1. The van der Waals surface area contributed by atoms with Gasteiger partial charge in [0.2, 0.25) is 0 Å². The fourth-order valence-electron chi connectivity index (χ4n) is 1.62. The second-order valence-corrected chi connectivity index (χ2v) is 4.92. The Morgan fingerprint density at radius 1 is 1.45 bits per heavy atom. The average molecular weight is 296 g/mol. The average Bonchev–Trinajstić information content (AvgIpc) is 2.42. The largest absolute Gasteiger partial charge is 0.496 e. The van der Waals surface area contributed by atoms with Gasteiger partial charge in [-0.15, -0.1) is 0 Å². The van der Waals surface area contributed by atoms with Crippen LogP contribution in [0.2, 0.25) is 5.02 Å². The molecular weight excluding hydrogens is 278 g/mol. The summed E-state index contributed by atoms with van der Waals surface area (Å²) in [5, 5.41) is 15.2. The zero-order valence-electron chi connectivity index (χ0n) is 11.8. The Kier molecular flexibility index (Phi) is 6.29. The SMILES string of the molecule is COc1cc(Cl)c(C#N)cc1C(=O)NCCNC(C)C. The molecule has 0 atom stereocenters. The lowest BCUT2D eigenvalue weighted by Gasteiger charge is -2.12. The molecule has 0 radical (unpaired) electrons. The minimum atomic E-state index is -0.291. The highest BCUT2D eigenvalue weighted by Crippen LogP contribution is 2.26.